The van der Waals surface area contributed by atoms with Gasteiger partial charge in [0.2, 0.25) is 10.0 Å². The molecule has 1 N–H and O–H groups in total. The first-order chi connectivity index (χ1) is 12.9. The van der Waals surface area contributed by atoms with Crippen LogP contribution in [0.2, 0.25) is 10.0 Å². The molecule has 10 heteroatoms. The summed E-state index contributed by atoms with van der Waals surface area (Å²) in [5.41, 5.74) is 2.91. The monoisotopic (exact) mass is 452 g/mol. The summed E-state index contributed by atoms with van der Waals surface area (Å²) in [6.07, 6.45) is -4.80. The molecule has 0 saturated carbocycles. The van der Waals surface area contributed by atoms with E-state index in [1.54, 1.807) is 18.2 Å². The number of hydrogen-bond donors (Lipinski definition) is 1. The van der Waals surface area contributed by atoms with Gasteiger partial charge in [0.15, 0.2) is 5.75 Å². The third-order valence-corrected chi connectivity index (χ3v) is 6.24. The molecule has 1 atom stereocenters. The van der Waals surface area contributed by atoms with Gasteiger partial charge >= 0.3 is 6.18 Å². The van der Waals surface area contributed by atoms with Crippen LogP contribution in [0.15, 0.2) is 36.4 Å². The van der Waals surface area contributed by atoms with Crippen LogP contribution in [0.1, 0.15) is 22.6 Å². The average Bonchev–Trinajstić information content (AvgIpc) is 2.53. The van der Waals surface area contributed by atoms with E-state index in [1.807, 2.05) is 17.8 Å². The molecule has 0 amide bonds. The van der Waals surface area contributed by atoms with Crippen molar-refractivity contribution in [2.24, 2.45) is 0 Å². The summed E-state index contributed by atoms with van der Waals surface area (Å²) >= 11 is 12.5. The maximum atomic E-state index is 12.4. The van der Waals surface area contributed by atoms with Gasteiger partial charge in [-0.3, -0.25) is 4.72 Å². The molecule has 4 nitrogen and oxygen atoms in total. The summed E-state index contributed by atoms with van der Waals surface area (Å²) in [7, 11) is -2.56. The third-order valence-electron chi connectivity index (χ3n) is 4.43. The van der Waals surface area contributed by atoms with Crippen LogP contribution in [-0.2, 0) is 16.6 Å². The van der Waals surface area contributed by atoms with Crippen molar-refractivity contribution >= 4 is 38.9 Å². The van der Waals surface area contributed by atoms with Crippen LogP contribution < -0.4 is 4.72 Å². The number of nitrogens with one attached hydrogen (secondary N) is 1. The van der Waals surface area contributed by atoms with E-state index < -0.39 is 22.0 Å². The smallest absolute Gasteiger partial charge is 0.301 e. The van der Waals surface area contributed by atoms with E-state index in [0.29, 0.717) is 23.1 Å². The van der Waals surface area contributed by atoms with Crippen LogP contribution in [0.4, 0.5) is 18.9 Å². The number of anilines is 1. The molecule has 1 heterocycles. The molecule has 0 aliphatic carbocycles. The maximum Gasteiger partial charge on any atom is 0.404 e. The van der Waals surface area contributed by atoms with Crippen LogP contribution in [0, 0.1) is 0 Å². The lowest BCUT2D eigenvalue weighted by Gasteiger charge is -2.33. The van der Waals surface area contributed by atoms with Crippen molar-refractivity contribution in [3.05, 3.63) is 63.1 Å². The minimum atomic E-state index is -4.80. The molecule has 0 bridgehead atoms. The number of likely N-dealkylation sites (N-methyl/N-ethyl adjacent to an activating group) is 1. The summed E-state index contributed by atoms with van der Waals surface area (Å²) in [6, 6.07) is 9.83. The number of halogens is 5. The fourth-order valence-electron chi connectivity index (χ4n) is 3.35. The Kier molecular flexibility index (Phi) is 5.87. The molecule has 1 aliphatic rings. The van der Waals surface area contributed by atoms with E-state index in [9.17, 15) is 21.6 Å². The average molecular weight is 453 g/mol. The number of alkyl halides is 3. The molecule has 28 heavy (non-hydrogen) atoms. The molecule has 0 spiro atoms. The summed E-state index contributed by atoms with van der Waals surface area (Å²) in [5, 5.41) is 1.10. The molecule has 0 aromatic heterocycles. The predicted octanol–water partition coefficient (Wildman–Crippen LogP) is 4.87. The molecule has 1 unspecified atom stereocenters. The van der Waals surface area contributed by atoms with Gasteiger partial charge < -0.3 is 4.90 Å². The number of nitrogens with zero attached hydrogens (tertiary/aromatic N) is 1. The van der Waals surface area contributed by atoms with Crippen molar-refractivity contribution in [1.82, 2.24) is 4.90 Å². The first-order valence-electron chi connectivity index (χ1n) is 8.27. The minimum Gasteiger partial charge on any atom is -0.301 e. The molecular formula is C18H17Cl2F3N2O2S. The molecule has 0 radical (unpaired) electrons. The van der Waals surface area contributed by atoms with Gasteiger partial charge in [0.1, 0.15) is 0 Å². The zero-order valence-corrected chi connectivity index (χ0v) is 17.1. The van der Waals surface area contributed by atoms with E-state index in [1.165, 1.54) is 12.1 Å². The number of benzene rings is 2. The Morgan fingerprint density at radius 2 is 1.82 bits per heavy atom. The van der Waals surface area contributed by atoms with Crippen molar-refractivity contribution in [2.45, 2.75) is 18.6 Å². The van der Waals surface area contributed by atoms with Crippen LogP contribution in [-0.4, -0.2) is 38.8 Å². The van der Waals surface area contributed by atoms with Gasteiger partial charge in [-0.25, -0.2) is 8.42 Å². The van der Waals surface area contributed by atoms with Crippen LogP contribution in [0.25, 0.3) is 0 Å². The Labute approximate surface area is 171 Å². The largest absolute Gasteiger partial charge is 0.404 e. The van der Waals surface area contributed by atoms with Crippen LogP contribution in [0.3, 0.4) is 0 Å². The topological polar surface area (TPSA) is 49.4 Å². The summed E-state index contributed by atoms with van der Waals surface area (Å²) < 4.78 is 62.3. The second-order valence-corrected chi connectivity index (χ2v) is 9.37. The Hall–Kier alpha value is -1.48. The lowest BCUT2D eigenvalue weighted by Crippen LogP contribution is -2.31. The van der Waals surface area contributed by atoms with Crippen molar-refractivity contribution < 1.29 is 21.6 Å². The van der Waals surface area contributed by atoms with Crippen molar-refractivity contribution in [2.75, 3.05) is 24.1 Å². The third kappa shape index (κ3) is 5.11. The predicted molar refractivity (Wildman–Crippen MR) is 105 cm³/mol. The van der Waals surface area contributed by atoms with Crippen LogP contribution in [0.5, 0.6) is 0 Å². The minimum absolute atomic E-state index is 0.0502. The second kappa shape index (κ2) is 7.74. The highest BCUT2D eigenvalue weighted by Crippen LogP contribution is 2.38. The number of fused-ring (bicyclic) bond motifs is 1. The van der Waals surface area contributed by atoms with E-state index >= 15 is 0 Å². The zero-order valence-electron chi connectivity index (χ0n) is 14.7. The quantitative estimate of drug-likeness (QED) is 0.719. The molecule has 0 fully saturated rings. The lowest BCUT2D eigenvalue weighted by atomic mass is 9.85. The molecule has 0 saturated heterocycles. The fourth-order valence-corrected chi connectivity index (χ4v) is 4.91. The second-order valence-electron chi connectivity index (χ2n) is 6.80. The van der Waals surface area contributed by atoms with Crippen molar-refractivity contribution in [3.63, 3.8) is 0 Å². The highest BCUT2D eigenvalue weighted by atomic mass is 35.5. The highest BCUT2D eigenvalue weighted by Gasteiger charge is 2.35. The normalized spacial score (nSPS) is 18.0. The molecule has 3 rings (SSSR count). The van der Waals surface area contributed by atoms with Gasteiger partial charge in [-0.05, 0) is 48.0 Å². The van der Waals surface area contributed by atoms with Gasteiger partial charge in [-0.15, -0.1) is 0 Å². The number of sulfonamides is 1. The maximum absolute atomic E-state index is 12.4. The summed E-state index contributed by atoms with van der Waals surface area (Å²) in [6.45, 7) is 1.37. The van der Waals surface area contributed by atoms with Gasteiger partial charge in [0.05, 0.1) is 0 Å². The Morgan fingerprint density at radius 3 is 2.43 bits per heavy atom. The van der Waals surface area contributed by atoms with Crippen molar-refractivity contribution in [1.29, 1.82) is 0 Å². The zero-order chi connectivity index (χ0) is 20.7. The van der Waals surface area contributed by atoms with E-state index in [2.05, 4.69) is 4.90 Å². The molecule has 1 aliphatic heterocycles. The SMILES string of the molecule is CN1Cc2c(Cl)cc(Cl)cc2C(c2ccc(NS(=O)(=O)CC(F)(F)F)cc2)C1. The lowest BCUT2D eigenvalue weighted by molar-refractivity contribution is -0.106. The van der Waals surface area contributed by atoms with Crippen molar-refractivity contribution in [3.8, 4) is 0 Å². The Morgan fingerprint density at radius 1 is 1.18 bits per heavy atom. The highest BCUT2D eigenvalue weighted by molar-refractivity contribution is 7.92. The van der Waals surface area contributed by atoms with Gasteiger partial charge in [0.25, 0.3) is 0 Å². The number of rotatable bonds is 4. The fraction of sp³-hybridized carbons (Fsp3) is 0.333. The standard InChI is InChI=1S/C18H17Cl2F3N2O2S/c1-25-8-15(14-6-12(19)7-17(20)16(14)9-25)11-2-4-13(5-3-11)24-28(26,27)10-18(21,22)23/h2-7,15,24H,8-10H2,1H3. The molecule has 152 valence electrons. The van der Waals surface area contributed by atoms with Crippen LogP contribution >= 0.6 is 23.2 Å². The first kappa shape index (κ1) is 21.2. The van der Waals surface area contributed by atoms with E-state index in [4.69, 9.17) is 23.2 Å². The van der Waals surface area contributed by atoms with E-state index in [0.717, 1.165) is 16.7 Å². The van der Waals surface area contributed by atoms with Gasteiger partial charge in [-0.1, -0.05) is 35.3 Å². The summed E-state index contributed by atoms with van der Waals surface area (Å²) in [4.78, 5) is 2.10. The Bertz CT molecular complexity index is 980. The number of hydrogen-bond acceptors (Lipinski definition) is 3. The first-order valence-corrected chi connectivity index (χ1v) is 10.7. The van der Waals surface area contributed by atoms with Gasteiger partial charge in [0, 0.05) is 34.7 Å². The molecule has 2 aromatic rings. The molecular weight excluding hydrogens is 436 g/mol. The Balaban J connectivity index is 1.87. The van der Waals surface area contributed by atoms with Gasteiger partial charge in [-0.2, -0.15) is 13.2 Å². The van der Waals surface area contributed by atoms with E-state index in [-0.39, 0.29) is 11.6 Å². The summed E-state index contributed by atoms with van der Waals surface area (Å²) in [5.74, 6) is -1.98. The molecule has 2 aromatic carbocycles.